The number of nitrogens with zero attached hydrogens (tertiary/aromatic N) is 4. The van der Waals surface area contributed by atoms with Gasteiger partial charge in [0.25, 0.3) is 5.91 Å². The third-order valence-corrected chi connectivity index (χ3v) is 4.40. The number of hydrogen-bond donors (Lipinski definition) is 1. The van der Waals surface area contributed by atoms with E-state index >= 15 is 0 Å². The zero-order chi connectivity index (χ0) is 20.9. The maximum atomic E-state index is 12.9. The first-order chi connectivity index (χ1) is 14.5. The molecular weight excluding hydrogens is 409 g/mol. The van der Waals surface area contributed by atoms with Gasteiger partial charge < -0.3 is 10.1 Å². The molecule has 0 unspecified atom stereocenters. The number of nitrogens with one attached hydrogen (secondary N) is 1. The molecule has 1 N–H and O–H groups in total. The Morgan fingerprint density at radius 1 is 1.03 bits per heavy atom. The third kappa shape index (κ3) is 5.03. The van der Waals surface area contributed by atoms with Crippen molar-refractivity contribution in [3.8, 4) is 5.75 Å². The molecule has 1 amide bonds. The lowest BCUT2D eigenvalue weighted by Gasteiger charge is -2.05. The number of aromatic nitrogens is 4. The van der Waals surface area contributed by atoms with Crippen LogP contribution in [-0.4, -0.2) is 25.5 Å². The van der Waals surface area contributed by atoms with Gasteiger partial charge >= 0.3 is 0 Å². The smallest absolute Gasteiger partial charge is 0.277 e. The van der Waals surface area contributed by atoms with E-state index in [2.05, 4.69) is 15.5 Å². The summed E-state index contributed by atoms with van der Waals surface area (Å²) in [6.45, 7) is 0.624. The maximum Gasteiger partial charge on any atom is 0.277 e. The van der Waals surface area contributed by atoms with E-state index < -0.39 is 0 Å². The molecule has 0 bridgehead atoms. The Kier molecular flexibility index (Phi) is 5.76. The van der Waals surface area contributed by atoms with Gasteiger partial charge in [-0.25, -0.2) is 9.07 Å². The monoisotopic (exact) mass is 425 g/mol. The number of benzene rings is 2. The fourth-order valence-electron chi connectivity index (χ4n) is 2.75. The summed E-state index contributed by atoms with van der Waals surface area (Å²) in [6, 6.07) is 16.4. The molecule has 0 saturated carbocycles. The van der Waals surface area contributed by atoms with Crippen molar-refractivity contribution in [3.63, 3.8) is 0 Å². The summed E-state index contributed by atoms with van der Waals surface area (Å²) in [5.74, 6) is 0.196. The minimum atomic E-state index is -0.386. The summed E-state index contributed by atoms with van der Waals surface area (Å²) >= 11 is 6.00. The number of carbonyl (C=O) groups is 1. The van der Waals surface area contributed by atoms with E-state index in [0.717, 1.165) is 5.56 Å². The number of anilines is 1. The second-order valence-electron chi connectivity index (χ2n) is 6.45. The molecular formula is C21H17ClFN5O2. The van der Waals surface area contributed by atoms with Gasteiger partial charge in [-0.15, -0.1) is 0 Å². The first kappa shape index (κ1) is 19.7. The van der Waals surface area contributed by atoms with E-state index in [1.165, 1.54) is 28.9 Å². The molecule has 0 saturated heterocycles. The van der Waals surface area contributed by atoms with Crippen molar-refractivity contribution in [2.45, 2.75) is 13.3 Å². The van der Waals surface area contributed by atoms with Crippen molar-refractivity contribution in [2.24, 2.45) is 0 Å². The van der Waals surface area contributed by atoms with Crippen LogP contribution in [0.1, 0.15) is 16.1 Å². The minimum Gasteiger partial charge on any atom is -0.471 e. The van der Waals surface area contributed by atoms with Crippen LogP contribution >= 0.6 is 11.6 Å². The third-order valence-electron chi connectivity index (χ3n) is 4.17. The highest BCUT2D eigenvalue weighted by molar-refractivity contribution is 6.30. The fourth-order valence-corrected chi connectivity index (χ4v) is 2.96. The highest BCUT2D eigenvalue weighted by atomic mass is 35.5. The largest absolute Gasteiger partial charge is 0.471 e. The SMILES string of the molecule is O=C(Nc1ccn(Cc2cccc(Cl)c2)n1)c1ccn(COc2ccc(F)cc2)n1. The number of rotatable bonds is 7. The molecule has 2 heterocycles. The molecule has 0 spiro atoms. The molecule has 4 aromatic rings. The molecule has 0 aliphatic heterocycles. The first-order valence-electron chi connectivity index (χ1n) is 9.06. The van der Waals surface area contributed by atoms with Gasteiger partial charge in [0.05, 0.1) is 6.54 Å². The topological polar surface area (TPSA) is 74.0 Å². The zero-order valence-corrected chi connectivity index (χ0v) is 16.5. The average Bonchev–Trinajstić information content (AvgIpc) is 3.37. The van der Waals surface area contributed by atoms with Crippen LogP contribution in [-0.2, 0) is 13.3 Å². The van der Waals surface area contributed by atoms with Gasteiger partial charge in [-0.3, -0.25) is 9.48 Å². The number of ether oxygens (including phenoxy) is 1. The van der Waals surface area contributed by atoms with Crippen molar-refractivity contribution in [2.75, 3.05) is 5.32 Å². The molecule has 30 heavy (non-hydrogen) atoms. The number of halogens is 2. The zero-order valence-electron chi connectivity index (χ0n) is 15.7. The van der Waals surface area contributed by atoms with Crippen molar-refractivity contribution in [3.05, 3.63) is 95.2 Å². The molecule has 2 aromatic heterocycles. The van der Waals surface area contributed by atoms with Crippen LogP contribution in [0.15, 0.2) is 73.1 Å². The Morgan fingerprint density at radius 2 is 1.83 bits per heavy atom. The minimum absolute atomic E-state index is 0.0905. The lowest BCUT2D eigenvalue weighted by molar-refractivity contribution is 0.101. The highest BCUT2D eigenvalue weighted by Crippen LogP contribution is 2.14. The summed E-state index contributed by atoms with van der Waals surface area (Å²) < 4.78 is 21.6. The summed E-state index contributed by atoms with van der Waals surface area (Å²) in [4.78, 5) is 12.4. The van der Waals surface area contributed by atoms with Gasteiger partial charge in [0, 0.05) is 23.5 Å². The maximum absolute atomic E-state index is 12.9. The molecule has 7 nitrogen and oxygen atoms in total. The lowest BCUT2D eigenvalue weighted by atomic mass is 10.2. The van der Waals surface area contributed by atoms with E-state index in [9.17, 15) is 9.18 Å². The highest BCUT2D eigenvalue weighted by Gasteiger charge is 2.12. The van der Waals surface area contributed by atoms with Crippen LogP contribution in [0.3, 0.4) is 0 Å². The van der Waals surface area contributed by atoms with Crippen LogP contribution in [0.4, 0.5) is 10.2 Å². The van der Waals surface area contributed by atoms with Gasteiger partial charge in [-0.05, 0) is 48.0 Å². The summed E-state index contributed by atoms with van der Waals surface area (Å²) in [6.07, 6.45) is 3.39. The molecule has 0 atom stereocenters. The average molecular weight is 426 g/mol. The van der Waals surface area contributed by atoms with Crippen LogP contribution in [0.2, 0.25) is 5.02 Å². The summed E-state index contributed by atoms with van der Waals surface area (Å²) in [5.41, 5.74) is 1.23. The Labute approximate surface area is 176 Å². The van der Waals surface area contributed by atoms with Crippen molar-refractivity contribution in [1.29, 1.82) is 0 Å². The van der Waals surface area contributed by atoms with Crippen molar-refractivity contribution < 1.29 is 13.9 Å². The normalized spacial score (nSPS) is 10.7. The Morgan fingerprint density at radius 3 is 2.63 bits per heavy atom. The summed E-state index contributed by atoms with van der Waals surface area (Å²) in [5, 5.41) is 11.9. The van der Waals surface area contributed by atoms with Crippen LogP contribution in [0.5, 0.6) is 5.75 Å². The number of hydrogen-bond acceptors (Lipinski definition) is 4. The number of carbonyl (C=O) groups excluding carboxylic acids is 1. The first-order valence-corrected chi connectivity index (χ1v) is 9.44. The molecule has 152 valence electrons. The fraction of sp³-hybridized carbons (Fsp3) is 0.0952. The Bertz CT molecular complexity index is 1160. The predicted octanol–water partition coefficient (Wildman–Crippen LogP) is 4.21. The predicted molar refractivity (Wildman–Crippen MR) is 110 cm³/mol. The standard InChI is InChI=1S/C21H17ClFN5O2/c22-16-3-1-2-15(12-16)13-27-11-9-20(26-27)24-21(29)19-8-10-28(25-19)14-30-18-6-4-17(23)5-7-18/h1-12H,13-14H2,(H,24,26,29). The number of amides is 1. The molecule has 4 rings (SSSR count). The lowest BCUT2D eigenvalue weighted by Crippen LogP contribution is -2.15. The molecule has 9 heteroatoms. The molecule has 0 aliphatic rings. The van der Waals surface area contributed by atoms with Gasteiger partial charge in [0.15, 0.2) is 18.2 Å². The van der Waals surface area contributed by atoms with E-state index in [1.54, 1.807) is 29.2 Å². The van der Waals surface area contributed by atoms with Crippen molar-refractivity contribution >= 4 is 23.3 Å². The van der Waals surface area contributed by atoms with Gasteiger partial charge in [-0.2, -0.15) is 10.2 Å². The Balaban J connectivity index is 1.33. The van der Waals surface area contributed by atoms with Crippen molar-refractivity contribution in [1.82, 2.24) is 19.6 Å². The van der Waals surface area contributed by atoms with Gasteiger partial charge in [-0.1, -0.05) is 23.7 Å². The van der Waals surface area contributed by atoms with Gasteiger partial charge in [0.1, 0.15) is 11.6 Å². The molecule has 0 radical (unpaired) electrons. The van der Waals surface area contributed by atoms with Gasteiger partial charge in [0.2, 0.25) is 0 Å². The molecule has 0 aliphatic carbocycles. The second kappa shape index (κ2) is 8.79. The molecule has 2 aromatic carbocycles. The van der Waals surface area contributed by atoms with E-state index in [1.807, 2.05) is 24.3 Å². The van der Waals surface area contributed by atoms with Crippen LogP contribution in [0, 0.1) is 5.82 Å². The Hall–Kier alpha value is -3.65. The van der Waals surface area contributed by atoms with Crippen LogP contribution in [0.25, 0.3) is 0 Å². The van der Waals surface area contributed by atoms with Crippen LogP contribution < -0.4 is 10.1 Å². The summed E-state index contributed by atoms with van der Waals surface area (Å²) in [7, 11) is 0. The molecule has 0 fully saturated rings. The van der Waals surface area contributed by atoms with E-state index in [4.69, 9.17) is 16.3 Å². The quantitative estimate of drug-likeness (QED) is 0.481. The van der Waals surface area contributed by atoms with E-state index in [-0.39, 0.29) is 24.1 Å². The van der Waals surface area contributed by atoms with E-state index in [0.29, 0.717) is 23.1 Å². The second-order valence-corrected chi connectivity index (χ2v) is 6.89.